The van der Waals surface area contributed by atoms with Gasteiger partial charge in [0, 0.05) is 0 Å². The number of carboxylic acid groups (broad SMARTS) is 1. The van der Waals surface area contributed by atoms with Crippen LogP contribution in [0.25, 0.3) is 0 Å². The van der Waals surface area contributed by atoms with Crippen molar-refractivity contribution in [1.82, 2.24) is 0 Å². The molecule has 74 valence electrons. The van der Waals surface area contributed by atoms with Crippen molar-refractivity contribution in [3.8, 4) is 0 Å². The molecule has 0 unspecified atom stereocenters. The zero-order chi connectivity index (χ0) is 11.3. The van der Waals surface area contributed by atoms with Crippen LogP contribution in [0.5, 0.6) is 0 Å². The van der Waals surface area contributed by atoms with E-state index in [0.717, 1.165) is 6.08 Å². The van der Waals surface area contributed by atoms with Crippen molar-refractivity contribution in [2.75, 3.05) is 0 Å². The van der Waals surface area contributed by atoms with Crippen LogP contribution in [0.1, 0.15) is 0 Å². The van der Waals surface area contributed by atoms with Gasteiger partial charge in [-0.05, 0) is 12.2 Å². The summed E-state index contributed by atoms with van der Waals surface area (Å²) in [6.45, 7) is 6.10. The monoisotopic (exact) mass is 197 g/mol. The largest absolute Gasteiger partial charge is 0.477 e. The Balaban J connectivity index is 5.67. The van der Waals surface area contributed by atoms with Crippen molar-refractivity contribution in [1.29, 1.82) is 0 Å². The summed E-state index contributed by atoms with van der Waals surface area (Å²) >= 11 is 0. The number of hydrogen-bond acceptors (Lipinski definition) is 4. The summed E-state index contributed by atoms with van der Waals surface area (Å²) < 4.78 is 0. The summed E-state index contributed by atoms with van der Waals surface area (Å²) in [6, 6.07) is 0. The minimum Gasteiger partial charge on any atom is -0.477 e. The molecule has 6 nitrogen and oxygen atoms in total. The van der Waals surface area contributed by atoms with Crippen LogP contribution in [0.3, 0.4) is 0 Å². The van der Waals surface area contributed by atoms with Gasteiger partial charge in [0.15, 0.2) is 0 Å². The lowest BCUT2D eigenvalue weighted by molar-refractivity contribution is -0.419. The Labute approximate surface area is 79.0 Å². The SMILES string of the molecule is C=CC(=O)C(=C(C=C)C(=O)O)[N+](=O)[O-]. The number of rotatable bonds is 5. The third-order valence-electron chi connectivity index (χ3n) is 1.29. The van der Waals surface area contributed by atoms with Gasteiger partial charge in [0.1, 0.15) is 5.57 Å². The maximum Gasteiger partial charge on any atom is 0.342 e. The summed E-state index contributed by atoms with van der Waals surface area (Å²) in [5.41, 5.74) is -1.79. The summed E-state index contributed by atoms with van der Waals surface area (Å²) in [6.07, 6.45) is 1.41. The minimum absolute atomic E-state index is 0.671. The number of nitrogens with zero attached hydrogens (tertiary/aromatic N) is 1. The number of aliphatic carboxylic acids is 1. The van der Waals surface area contributed by atoms with E-state index in [4.69, 9.17) is 5.11 Å². The molecular weight excluding hydrogens is 190 g/mol. The molecule has 0 aromatic heterocycles. The van der Waals surface area contributed by atoms with Gasteiger partial charge in [-0.15, -0.1) is 0 Å². The summed E-state index contributed by atoms with van der Waals surface area (Å²) in [7, 11) is 0. The number of ketones is 1. The van der Waals surface area contributed by atoms with Crippen molar-refractivity contribution >= 4 is 11.8 Å². The lowest BCUT2D eigenvalue weighted by Gasteiger charge is -1.96. The van der Waals surface area contributed by atoms with Crippen LogP contribution in [0.2, 0.25) is 0 Å². The van der Waals surface area contributed by atoms with Gasteiger partial charge in [0.05, 0.1) is 4.92 Å². The van der Waals surface area contributed by atoms with Gasteiger partial charge in [-0.2, -0.15) is 0 Å². The van der Waals surface area contributed by atoms with Crippen LogP contribution in [0.15, 0.2) is 36.6 Å². The fourth-order valence-corrected chi connectivity index (χ4v) is 0.703. The van der Waals surface area contributed by atoms with E-state index < -0.39 is 27.9 Å². The molecule has 1 N–H and O–H groups in total. The third-order valence-corrected chi connectivity index (χ3v) is 1.29. The molecular formula is C8H7NO5. The van der Waals surface area contributed by atoms with E-state index in [1.54, 1.807) is 0 Å². The highest BCUT2D eigenvalue weighted by Gasteiger charge is 2.27. The highest BCUT2D eigenvalue weighted by molar-refractivity contribution is 6.07. The molecule has 0 radical (unpaired) electrons. The van der Waals surface area contributed by atoms with E-state index >= 15 is 0 Å². The average molecular weight is 197 g/mol. The van der Waals surface area contributed by atoms with Crippen molar-refractivity contribution in [2.24, 2.45) is 0 Å². The molecule has 0 spiro atoms. The fraction of sp³-hybridized carbons (Fsp3) is 0. The predicted molar refractivity (Wildman–Crippen MR) is 47.1 cm³/mol. The molecule has 0 rings (SSSR count). The second-order valence-corrected chi connectivity index (χ2v) is 2.10. The smallest absolute Gasteiger partial charge is 0.342 e. The highest BCUT2D eigenvalue weighted by atomic mass is 16.6. The van der Waals surface area contributed by atoms with E-state index in [9.17, 15) is 19.7 Å². The molecule has 0 aromatic rings. The van der Waals surface area contributed by atoms with Crippen LogP contribution < -0.4 is 0 Å². The van der Waals surface area contributed by atoms with Gasteiger partial charge >= 0.3 is 11.7 Å². The second kappa shape index (κ2) is 4.70. The standard InChI is InChI=1S/C8H7NO5/c1-3-5(8(11)12)7(9(13)14)6(10)4-2/h3-4H,1-2H2,(H,11,12). The molecule has 0 saturated carbocycles. The summed E-state index contributed by atoms with van der Waals surface area (Å²) in [4.78, 5) is 30.7. The number of carbonyl (C=O) groups is 2. The molecule has 0 fully saturated rings. The summed E-state index contributed by atoms with van der Waals surface area (Å²) in [5.74, 6) is -2.64. The molecule has 0 aliphatic heterocycles. The Morgan fingerprint density at radius 1 is 1.29 bits per heavy atom. The van der Waals surface area contributed by atoms with Gasteiger partial charge in [-0.25, -0.2) is 4.79 Å². The number of nitro groups is 1. The Kier molecular flexibility index (Phi) is 3.95. The molecule has 0 saturated heterocycles. The maximum atomic E-state index is 10.9. The molecule has 0 aliphatic rings. The maximum absolute atomic E-state index is 10.9. The Morgan fingerprint density at radius 3 is 2.00 bits per heavy atom. The molecule has 14 heavy (non-hydrogen) atoms. The van der Waals surface area contributed by atoms with E-state index in [-0.39, 0.29) is 0 Å². The van der Waals surface area contributed by atoms with Crippen molar-refractivity contribution in [2.45, 2.75) is 0 Å². The van der Waals surface area contributed by atoms with Gasteiger partial charge in [-0.1, -0.05) is 13.2 Å². The zero-order valence-electron chi connectivity index (χ0n) is 7.10. The fourth-order valence-electron chi connectivity index (χ4n) is 0.703. The molecule has 0 atom stereocenters. The molecule has 0 bridgehead atoms. The lowest BCUT2D eigenvalue weighted by atomic mass is 10.1. The average Bonchev–Trinajstić information content (AvgIpc) is 2.11. The predicted octanol–water partition coefficient (Wildman–Crippen LogP) is 0.543. The first-order valence-electron chi connectivity index (χ1n) is 3.36. The number of carboxylic acids is 1. The van der Waals surface area contributed by atoms with Crippen LogP contribution in [0.4, 0.5) is 0 Å². The molecule has 0 aromatic carbocycles. The molecule has 6 heteroatoms. The van der Waals surface area contributed by atoms with E-state index in [1.165, 1.54) is 0 Å². The number of hydrogen-bond donors (Lipinski definition) is 1. The zero-order valence-corrected chi connectivity index (χ0v) is 7.10. The van der Waals surface area contributed by atoms with Crippen LogP contribution in [-0.2, 0) is 9.59 Å². The highest BCUT2D eigenvalue weighted by Crippen LogP contribution is 2.09. The number of carbonyl (C=O) groups excluding carboxylic acids is 1. The molecule has 0 heterocycles. The van der Waals surface area contributed by atoms with Crippen molar-refractivity contribution in [3.05, 3.63) is 46.7 Å². The van der Waals surface area contributed by atoms with Crippen LogP contribution >= 0.6 is 0 Å². The van der Waals surface area contributed by atoms with Crippen molar-refractivity contribution in [3.63, 3.8) is 0 Å². The molecule has 0 amide bonds. The van der Waals surface area contributed by atoms with Gasteiger partial charge in [0.25, 0.3) is 5.78 Å². The second-order valence-electron chi connectivity index (χ2n) is 2.10. The first-order valence-corrected chi connectivity index (χ1v) is 3.36. The topological polar surface area (TPSA) is 97.5 Å². The first-order chi connectivity index (χ1) is 6.45. The third kappa shape index (κ3) is 2.37. The Hall–Kier alpha value is -2.24. The summed E-state index contributed by atoms with van der Waals surface area (Å²) in [5, 5.41) is 18.9. The normalized spacial score (nSPS) is 11.1. The minimum atomic E-state index is -1.58. The lowest BCUT2D eigenvalue weighted by Crippen LogP contribution is -2.15. The van der Waals surface area contributed by atoms with Gasteiger partial charge < -0.3 is 5.11 Å². The van der Waals surface area contributed by atoms with Crippen LogP contribution in [0, 0.1) is 10.1 Å². The Bertz CT molecular complexity index is 353. The quantitative estimate of drug-likeness (QED) is 0.300. The Morgan fingerprint density at radius 2 is 1.79 bits per heavy atom. The molecule has 0 aliphatic carbocycles. The van der Waals surface area contributed by atoms with E-state index in [0.29, 0.717) is 6.08 Å². The van der Waals surface area contributed by atoms with Gasteiger partial charge in [-0.3, -0.25) is 14.9 Å². The first kappa shape index (κ1) is 11.8. The van der Waals surface area contributed by atoms with E-state index in [2.05, 4.69) is 13.2 Å². The number of allylic oxidation sites excluding steroid dienone is 1. The van der Waals surface area contributed by atoms with Crippen molar-refractivity contribution < 1.29 is 19.6 Å². The van der Waals surface area contributed by atoms with Crippen LogP contribution in [-0.4, -0.2) is 21.8 Å². The van der Waals surface area contributed by atoms with Gasteiger partial charge in [0.2, 0.25) is 0 Å². The van der Waals surface area contributed by atoms with E-state index in [1.807, 2.05) is 0 Å².